The number of rotatable bonds is 2. The highest BCUT2D eigenvalue weighted by Crippen LogP contribution is 2.25. The van der Waals surface area contributed by atoms with Crippen LogP contribution in [0.3, 0.4) is 0 Å². The van der Waals surface area contributed by atoms with Crippen molar-refractivity contribution in [3.05, 3.63) is 46.1 Å². The van der Waals surface area contributed by atoms with Crippen molar-refractivity contribution in [1.82, 2.24) is 9.97 Å². The first-order valence-electron chi connectivity index (χ1n) is 5.29. The molecule has 0 amide bonds. The first kappa shape index (κ1) is 12.8. The van der Waals surface area contributed by atoms with Crippen molar-refractivity contribution in [3.8, 4) is 11.3 Å². The van der Waals surface area contributed by atoms with Crippen LogP contribution in [0, 0.1) is 12.7 Å². The predicted octanol–water partition coefficient (Wildman–Crippen LogP) is 3.56. The Morgan fingerprint density at radius 2 is 2.00 bits per heavy atom. The van der Waals surface area contributed by atoms with Crippen LogP contribution in [0.1, 0.15) is 23.2 Å². The van der Waals surface area contributed by atoms with Gasteiger partial charge < -0.3 is 0 Å². The van der Waals surface area contributed by atoms with Crippen LogP contribution in [0.5, 0.6) is 0 Å². The summed E-state index contributed by atoms with van der Waals surface area (Å²) in [5.41, 5.74) is 1.38. The van der Waals surface area contributed by atoms with Gasteiger partial charge in [-0.25, -0.2) is 14.4 Å². The van der Waals surface area contributed by atoms with Gasteiger partial charge in [-0.1, -0.05) is 15.9 Å². The Bertz CT molecular complexity index is 628. The zero-order chi connectivity index (χ0) is 13.3. The fourth-order valence-electron chi connectivity index (χ4n) is 1.56. The van der Waals surface area contributed by atoms with Gasteiger partial charge >= 0.3 is 0 Å². The van der Waals surface area contributed by atoms with Gasteiger partial charge in [0.05, 0.1) is 5.69 Å². The highest BCUT2D eigenvalue weighted by molar-refractivity contribution is 9.10. The SMILES string of the molecule is CC(=O)c1nc(C)cc(-c2cc(Br)ccc2F)n1. The second kappa shape index (κ2) is 4.94. The predicted molar refractivity (Wildman–Crippen MR) is 69.9 cm³/mol. The van der Waals surface area contributed by atoms with E-state index in [1.165, 1.54) is 13.0 Å². The molecule has 0 bridgehead atoms. The fraction of sp³-hybridized carbons (Fsp3) is 0.154. The first-order valence-corrected chi connectivity index (χ1v) is 6.08. The van der Waals surface area contributed by atoms with Crippen molar-refractivity contribution in [2.75, 3.05) is 0 Å². The maximum Gasteiger partial charge on any atom is 0.196 e. The van der Waals surface area contributed by atoms with Crippen molar-refractivity contribution >= 4 is 21.7 Å². The van der Waals surface area contributed by atoms with Crippen molar-refractivity contribution in [2.24, 2.45) is 0 Å². The molecule has 0 radical (unpaired) electrons. The monoisotopic (exact) mass is 308 g/mol. The van der Waals surface area contributed by atoms with Gasteiger partial charge in [0.25, 0.3) is 0 Å². The lowest BCUT2D eigenvalue weighted by Crippen LogP contribution is -2.04. The van der Waals surface area contributed by atoms with Gasteiger partial charge in [0, 0.05) is 22.7 Å². The van der Waals surface area contributed by atoms with E-state index in [0.717, 1.165) is 4.47 Å². The molecule has 1 heterocycles. The molecular weight excluding hydrogens is 299 g/mol. The van der Waals surface area contributed by atoms with Gasteiger partial charge in [0.15, 0.2) is 11.6 Å². The lowest BCUT2D eigenvalue weighted by Gasteiger charge is -2.06. The number of carbonyl (C=O) groups is 1. The number of nitrogens with zero attached hydrogens (tertiary/aromatic N) is 2. The summed E-state index contributed by atoms with van der Waals surface area (Å²) in [5.74, 6) is -0.523. The van der Waals surface area contributed by atoms with E-state index in [1.54, 1.807) is 25.1 Å². The molecule has 0 fully saturated rings. The molecule has 0 atom stereocenters. The molecule has 92 valence electrons. The second-order valence-corrected chi connectivity index (χ2v) is 4.81. The third-order valence-corrected chi connectivity index (χ3v) is 2.87. The molecule has 0 aliphatic heterocycles. The average molecular weight is 309 g/mol. The molecule has 0 saturated carbocycles. The largest absolute Gasteiger partial charge is 0.291 e. The summed E-state index contributed by atoms with van der Waals surface area (Å²) in [6.07, 6.45) is 0. The average Bonchev–Trinajstić information content (AvgIpc) is 2.31. The molecule has 3 nitrogen and oxygen atoms in total. The number of aromatic nitrogens is 2. The summed E-state index contributed by atoms with van der Waals surface area (Å²) < 4.78 is 14.5. The molecule has 0 aliphatic rings. The molecule has 0 N–H and O–H groups in total. The van der Waals surface area contributed by atoms with E-state index in [-0.39, 0.29) is 17.4 Å². The second-order valence-electron chi connectivity index (χ2n) is 3.90. The number of hydrogen-bond donors (Lipinski definition) is 0. The summed E-state index contributed by atoms with van der Waals surface area (Å²) in [5, 5.41) is 0. The Hall–Kier alpha value is -1.62. The third-order valence-electron chi connectivity index (χ3n) is 2.37. The Labute approximate surface area is 112 Å². The number of ketones is 1. The summed E-state index contributed by atoms with van der Waals surface area (Å²) in [4.78, 5) is 19.4. The molecular formula is C13H10BrFN2O. The van der Waals surface area contributed by atoms with E-state index in [2.05, 4.69) is 25.9 Å². The van der Waals surface area contributed by atoms with E-state index in [9.17, 15) is 9.18 Å². The minimum Gasteiger partial charge on any atom is -0.291 e. The zero-order valence-corrected chi connectivity index (χ0v) is 11.5. The molecule has 0 aliphatic carbocycles. The molecule has 5 heteroatoms. The number of halogens is 2. The minimum atomic E-state index is -0.384. The molecule has 0 unspecified atom stereocenters. The standard InChI is InChI=1S/C13H10BrFN2O/c1-7-5-12(17-13(16-7)8(2)18)10-6-9(14)3-4-11(10)15/h3-6H,1-2H3. The summed E-state index contributed by atoms with van der Waals surface area (Å²) in [6.45, 7) is 3.13. The first-order chi connectivity index (χ1) is 8.47. The summed E-state index contributed by atoms with van der Waals surface area (Å²) >= 11 is 3.28. The van der Waals surface area contributed by atoms with Crippen molar-refractivity contribution < 1.29 is 9.18 Å². The van der Waals surface area contributed by atoms with Gasteiger partial charge in [0.2, 0.25) is 0 Å². The van der Waals surface area contributed by atoms with E-state index >= 15 is 0 Å². The summed E-state index contributed by atoms with van der Waals surface area (Å²) in [6, 6.07) is 6.24. The normalized spacial score (nSPS) is 10.4. The van der Waals surface area contributed by atoms with Crippen LogP contribution in [-0.2, 0) is 0 Å². The van der Waals surface area contributed by atoms with Crippen molar-refractivity contribution in [2.45, 2.75) is 13.8 Å². The van der Waals surface area contributed by atoms with Crippen LogP contribution >= 0.6 is 15.9 Å². The lowest BCUT2D eigenvalue weighted by atomic mass is 10.1. The van der Waals surface area contributed by atoms with Crippen LogP contribution in [0.25, 0.3) is 11.3 Å². The highest BCUT2D eigenvalue weighted by Gasteiger charge is 2.11. The number of benzene rings is 1. The zero-order valence-electron chi connectivity index (χ0n) is 9.87. The molecule has 0 saturated heterocycles. The highest BCUT2D eigenvalue weighted by atomic mass is 79.9. The van der Waals surface area contributed by atoms with E-state index < -0.39 is 0 Å². The number of carbonyl (C=O) groups excluding carboxylic acids is 1. The topological polar surface area (TPSA) is 42.9 Å². The minimum absolute atomic E-state index is 0.101. The smallest absolute Gasteiger partial charge is 0.196 e. The van der Waals surface area contributed by atoms with Crippen LogP contribution in [-0.4, -0.2) is 15.8 Å². The molecule has 2 rings (SSSR count). The molecule has 1 aromatic heterocycles. The lowest BCUT2D eigenvalue weighted by molar-refractivity contribution is 0.100. The Balaban J connectivity index is 2.63. The number of Topliss-reactive ketones (excluding diaryl/α,β-unsaturated/α-hetero) is 1. The maximum absolute atomic E-state index is 13.8. The van der Waals surface area contributed by atoms with Crippen LogP contribution in [0.15, 0.2) is 28.7 Å². The molecule has 2 aromatic rings. The van der Waals surface area contributed by atoms with Crippen molar-refractivity contribution in [1.29, 1.82) is 0 Å². The maximum atomic E-state index is 13.8. The van der Waals surface area contributed by atoms with Crippen LogP contribution < -0.4 is 0 Å². The Morgan fingerprint density at radius 3 is 2.67 bits per heavy atom. The van der Waals surface area contributed by atoms with E-state index in [1.807, 2.05) is 0 Å². The molecule has 1 aromatic carbocycles. The van der Waals surface area contributed by atoms with Gasteiger partial charge in [-0.15, -0.1) is 0 Å². The van der Waals surface area contributed by atoms with Gasteiger partial charge in [-0.3, -0.25) is 4.79 Å². The number of hydrogen-bond acceptors (Lipinski definition) is 3. The van der Waals surface area contributed by atoms with Crippen LogP contribution in [0.4, 0.5) is 4.39 Å². The van der Waals surface area contributed by atoms with Crippen LogP contribution in [0.2, 0.25) is 0 Å². The third kappa shape index (κ3) is 2.61. The van der Waals surface area contributed by atoms with Gasteiger partial charge in [-0.2, -0.15) is 0 Å². The molecule has 0 spiro atoms. The Morgan fingerprint density at radius 1 is 1.28 bits per heavy atom. The van der Waals surface area contributed by atoms with E-state index in [0.29, 0.717) is 17.0 Å². The van der Waals surface area contributed by atoms with Crippen molar-refractivity contribution in [3.63, 3.8) is 0 Å². The summed E-state index contributed by atoms with van der Waals surface area (Å²) in [7, 11) is 0. The van der Waals surface area contributed by atoms with Gasteiger partial charge in [0.1, 0.15) is 5.82 Å². The Kier molecular flexibility index (Phi) is 3.52. The molecule has 18 heavy (non-hydrogen) atoms. The van der Waals surface area contributed by atoms with E-state index in [4.69, 9.17) is 0 Å². The van der Waals surface area contributed by atoms with Gasteiger partial charge in [-0.05, 0) is 31.2 Å². The fourth-order valence-corrected chi connectivity index (χ4v) is 1.92. The quantitative estimate of drug-likeness (QED) is 0.797. The number of aryl methyl sites for hydroxylation is 1.